The molecule has 0 saturated heterocycles. The summed E-state index contributed by atoms with van der Waals surface area (Å²) in [6, 6.07) is 0. The molecule has 0 aromatic heterocycles. The second kappa shape index (κ2) is 8.65. The van der Waals surface area contributed by atoms with Crippen LogP contribution in [0.3, 0.4) is 0 Å². The third-order valence-electron chi connectivity index (χ3n) is 13.5. The summed E-state index contributed by atoms with van der Waals surface area (Å²) in [6.07, 6.45) is 10.4. The molecule has 4 saturated carbocycles. The van der Waals surface area contributed by atoms with Crippen molar-refractivity contribution in [3.8, 4) is 0 Å². The molecule has 0 radical (unpaired) electrons. The van der Waals surface area contributed by atoms with Gasteiger partial charge in [-0.1, -0.05) is 54.0 Å². The number of rotatable bonds is 3. The average Bonchev–Trinajstić information content (AvgIpc) is 2.82. The topological polar surface area (TPSA) is 75.6 Å². The molecule has 4 fully saturated rings. The molecule has 0 aromatic carbocycles. The number of hydrogen-bond acceptors (Lipinski definition) is 4. The van der Waals surface area contributed by atoms with Crippen molar-refractivity contribution in [1.82, 2.24) is 5.48 Å². The maximum atomic E-state index is 14.4. The summed E-state index contributed by atoms with van der Waals surface area (Å²) in [5.74, 6) is 0.834. The Morgan fingerprint density at radius 1 is 0.974 bits per heavy atom. The van der Waals surface area contributed by atoms with Crippen LogP contribution in [-0.4, -0.2) is 29.0 Å². The highest BCUT2D eigenvalue weighted by Crippen LogP contribution is 2.75. The van der Waals surface area contributed by atoms with Crippen LogP contribution >= 0.6 is 0 Å². The van der Waals surface area contributed by atoms with Gasteiger partial charge in [0.15, 0.2) is 5.78 Å². The van der Waals surface area contributed by atoms with Crippen LogP contribution in [0.4, 0.5) is 0 Å². The summed E-state index contributed by atoms with van der Waals surface area (Å²) in [5, 5.41) is 10.9. The Kier molecular flexibility index (Phi) is 6.45. The summed E-state index contributed by atoms with van der Waals surface area (Å²) >= 11 is 0. The Balaban J connectivity index is 1.54. The minimum absolute atomic E-state index is 0.0173. The first-order chi connectivity index (χ1) is 17.4. The summed E-state index contributed by atoms with van der Waals surface area (Å²) < 4.78 is 0. The van der Waals surface area contributed by atoms with E-state index in [1.54, 1.807) is 0 Å². The first-order valence-corrected chi connectivity index (χ1v) is 15.3. The number of carbonyl (C=O) groups excluding carboxylic acids is 2. The zero-order chi connectivity index (χ0) is 28.1. The van der Waals surface area contributed by atoms with Gasteiger partial charge in [0.1, 0.15) is 0 Å². The number of ketones is 1. The van der Waals surface area contributed by atoms with E-state index in [-0.39, 0.29) is 57.0 Å². The van der Waals surface area contributed by atoms with Crippen LogP contribution < -0.4 is 5.48 Å². The molecule has 214 valence electrons. The fourth-order valence-corrected chi connectivity index (χ4v) is 10.7. The van der Waals surface area contributed by atoms with Gasteiger partial charge in [-0.25, -0.2) is 5.48 Å². The van der Waals surface area contributed by atoms with E-state index in [1.165, 1.54) is 5.57 Å². The van der Waals surface area contributed by atoms with Crippen molar-refractivity contribution >= 4 is 11.7 Å². The fourth-order valence-electron chi connectivity index (χ4n) is 10.7. The lowest BCUT2D eigenvalue weighted by molar-refractivity contribution is -0.202. The van der Waals surface area contributed by atoms with Gasteiger partial charge < -0.3 is 5.11 Å². The van der Waals surface area contributed by atoms with Gasteiger partial charge in [-0.2, -0.15) is 0 Å². The summed E-state index contributed by atoms with van der Waals surface area (Å²) in [5.41, 5.74) is 3.22. The Bertz CT molecular complexity index is 1050. The van der Waals surface area contributed by atoms with Crippen LogP contribution in [0, 0.1) is 50.2 Å². The van der Waals surface area contributed by atoms with E-state index in [0.29, 0.717) is 11.7 Å². The third-order valence-corrected chi connectivity index (χ3v) is 13.5. The number of hydrogen-bond donors (Lipinski definition) is 2. The van der Waals surface area contributed by atoms with Crippen LogP contribution in [0.15, 0.2) is 11.6 Å². The molecular formula is C33H53NO4. The lowest BCUT2D eigenvalue weighted by Crippen LogP contribution is -2.66. The zero-order valence-corrected chi connectivity index (χ0v) is 25.5. The minimum Gasteiger partial charge on any atom is -0.393 e. The molecule has 5 aliphatic carbocycles. The van der Waals surface area contributed by atoms with Crippen LogP contribution in [-0.2, 0) is 14.4 Å². The van der Waals surface area contributed by atoms with Gasteiger partial charge in [0.25, 0.3) is 0 Å². The van der Waals surface area contributed by atoms with Gasteiger partial charge in [0, 0.05) is 11.3 Å². The van der Waals surface area contributed by atoms with E-state index in [2.05, 4.69) is 60.0 Å². The second-order valence-electron chi connectivity index (χ2n) is 16.2. The number of carbonyl (C=O) groups is 2. The maximum absolute atomic E-state index is 14.4. The molecule has 5 heteroatoms. The Morgan fingerprint density at radius 3 is 2.29 bits per heavy atom. The van der Waals surface area contributed by atoms with E-state index in [0.717, 1.165) is 57.8 Å². The molecule has 0 heterocycles. The number of nitrogens with one attached hydrogen (secondary N) is 1. The number of allylic oxidation sites excluding steroid dienone is 2. The normalized spacial score (nSPS) is 49.8. The summed E-state index contributed by atoms with van der Waals surface area (Å²) in [4.78, 5) is 33.3. The highest BCUT2D eigenvalue weighted by molar-refractivity contribution is 5.95. The largest absolute Gasteiger partial charge is 0.393 e. The predicted octanol–water partition coefficient (Wildman–Crippen LogP) is 6.78. The summed E-state index contributed by atoms with van der Waals surface area (Å²) in [7, 11) is 0. The number of amides is 1. The molecule has 38 heavy (non-hydrogen) atoms. The van der Waals surface area contributed by atoms with Crippen molar-refractivity contribution in [3.05, 3.63) is 11.6 Å². The van der Waals surface area contributed by atoms with Gasteiger partial charge in [-0.05, 0) is 117 Å². The van der Waals surface area contributed by atoms with Gasteiger partial charge in [0.05, 0.1) is 12.2 Å². The van der Waals surface area contributed by atoms with Crippen molar-refractivity contribution in [3.63, 3.8) is 0 Å². The molecular weight excluding hydrogens is 474 g/mol. The van der Waals surface area contributed by atoms with Crippen LogP contribution in [0.1, 0.15) is 120 Å². The Labute approximate surface area is 230 Å². The quantitative estimate of drug-likeness (QED) is 0.397. The number of aliphatic hydroxyl groups excluding tert-OH is 1. The molecule has 1 amide bonds. The lowest BCUT2D eigenvalue weighted by atomic mass is 9.33. The highest BCUT2D eigenvalue weighted by atomic mass is 16.7. The van der Waals surface area contributed by atoms with E-state index in [1.807, 2.05) is 13.8 Å². The van der Waals surface area contributed by atoms with Gasteiger partial charge in [-0.3, -0.25) is 14.4 Å². The molecule has 5 aliphatic rings. The number of hydroxylamine groups is 1. The van der Waals surface area contributed by atoms with Crippen LogP contribution in [0.2, 0.25) is 0 Å². The standard InChI is InChI=1S/C33H53NO4/c1-20(2)38-34-27(37)30(6)15-14-29(5)16-17-32(8)21(22(29)19-30)18-23(35)26-31(7)12-11-25(36)28(3,4)24(31)10-13-33(26,32)9/h18,20,22,24-26,36H,10-17,19H2,1-9H3,(H,34,37)/t22-,24?,25-,26+,29+,30-,31-,32+,33+/m0/s1. The molecule has 0 aromatic rings. The smallest absolute Gasteiger partial charge is 0.249 e. The lowest BCUT2D eigenvalue weighted by Gasteiger charge is -2.70. The Morgan fingerprint density at radius 2 is 1.63 bits per heavy atom. The van der Waals surface area contributed by atoms with Crippen molar-refractivity contribution in [1.29, 1.82) is 0 Å². The molecule has 0 bridgehead atoms. The van der Waals surface area contributed by atoms with E-state index in [9.17, 15) is 14.7 Å². The third kappa shape index (κ3) is 3.69. The molecule has 5 rings (SSSR count). The SMILES string of the molecule is CC(C)ONC(=O)[C@@]1(C)CC[C@]2(C)CC[C@]3(C)C(=CC(=O)[C@@H]4[C@@]5(C)CC[C@H](O)C(C)(C)C5CC[C@]43C)[C@@H]2C1. The van der Waals surface area contributed by atoms with Crippen LogP contribution in [0.25, 0.3) is 0 Å². The van der Waals surface area contributed by atoms with Crippen molar-refractivity contribution < 1.29 is 19.5 Å². The van der Waals surface area contributed by atoms with E-state index in [4.69, 9.17) is 4.84 Å². The molecule has 9 atom stereocenters. The predicted molar refractivity (Wildman–Crippen MR) is 150 cm³/mol. The van der Waals surface area contributed by atoms with E-state index < -0.39 is 5.41 Å². The summed E-state index contributed by atoms with van der Waals surface area (Å²) in [6.45, 7) is 20.0. The molecule has 1 unspecified atom stereocenters. The van der Waals surface area contributed by atoms with Crippen molar-refractivity contribution in [2.45, 2.75) is 132 Å². The second-order valence-corrected chi connectivity index (χ2v) is 16.2. The van der Waals surface area contributed by atoms with Gasteiger partial charge in [-0.15, -0.1) is 0 Å². The van der Waals surface area contributed by atoms with Gasteiger partial charge >= 0.3 is 0 Å². The maximum Gasteiger partial charge on any atom is 0.249 e. The first kappa shape index (κ1) is 28.3. The number of aliphatic hydroxyl groups is 1. The molecule has 2 N–H and O–H groups in total. The van der Waals surface area contributed by atoms with Gasteiger partial charge in [0.2, 0.25) is 5.91 Å². The average molecular weight is 528 g/mol. The Hall–Kier alpha value is -1.20. The van der Waals surface area contributed by atoms with Crippen molar-refractivity contribution in [2.75, 3.05) is 0 Å². The van der Waals surface area contributed by atoms with E-state index >= 15 is 0 Å². The highest BCUT2D eigenvalue weighted by Gasteiger charge is 2.70. The minimum atomic E-state index is -0.508. The fraction of sp³-hybridized carbons (Fsp3) is 0.879. The molecule has 5 nitrogen and oxygen atoms in total. The molecule has 0 aliphatic heterocycles. The number of fused-ring (bicyclic) bond motifs is 7. The molecule has 0 spiro atoms. The van der Waals surface area contributed by atoms with Crippen LogP contribution in [0.5, 0.6) is 0 Å². The van der Waals surface area contributed by atoms with Crippen molar-refractivity contribution in [2.24, 2.45) is 50.2 Å². The monoisotopic (exact) mass is 527 g/mol. The zero-order valence-electron chi connectivity index (χ0n) is 25.5. The first-order valence-electron chi connectivity index (χ1n) is 15.3.